The predicted molar refractivity (Wildman–Crippen MR) is 127 cm³/mol. The lowest BCUT2D eigenvalue weighted by Crippen LogP contribution is -2.53. The van der Waals surface area contributed by atoms with Crippen molar-refractivity contribution in [3.63, 3.8) is 0 Å². The SMILES string of the molecule is COc1ccc(C2=C\C(=O)N3C=C(N4C[C@@H](C)N[C@@H](C)C4)C=C(C)\C3=C/C=C/2)cc1OC. The number of carbonyl (C=O) groups excluding carboxylic acids is 1. The van der Waals surface area contributed by atoms with E-state index in [2.05, 4.69) is 37.1 Å². The van der Waals surface area contributed by atoms with Crippen molar-refractivity contribution < 1.29 is 14.3 Å². The molecular weight excluding hydrogens is 402 g/mol. The quantitative estimate of drug-likeness (QED) is 0.782. The number of hydrogen-bond acceptors (Lipinski definition) is 5. The summed E-state index contributed by atoms with van der Waals surface area (Å²) in [4.78, 5) is 17.5. The molecule has 1 saturated heterocycles. The Kier molecular flexibility index (Phi) is 6.24. The second kappa shape index (κ2) is 9.09. The summed E-state index contributed by atoms with van der Waals surface area (Å²) in [6, 6.07) is 6.47. The zero-order valence-corrected chi connectivity index (χ0v) is 19.4. The summed E-state index contributed by atoms with van der Waals surface area (Å²) in [5, 5.41) is 3.56. The van der Waals surface area contributed by atoms with Crippen molar-refractivity contribution in [1.29, 1.82) is 0 Å². The van der Waals surface area contributed by atoms with Gasteiger partial charge in [-0.25, -0.2) is 0 Å². The zero-order chi connectivity index (χ0) is 22.8. The van der Waals surface area contributed by atoms with Crippen LogP contribution in [0.1, 0.15) is 26.3 Å². The largest absolute Gasteiger partial charge is 0.493 e. The summed E-state index contributed by atoms with van der Waals surface area (Å²) in [6.07, 6.45) is 11.8. The molecule has 2 atom stereocenters. The molecule has 1 aromatic rings. The van der Waals surface area contributed by atoms with E-state index in [-0.39, 0.29) is 5.91 Å². The molecule has 3 aliphatic rings. The highest BCUT2D eigenvalue weighted by atomic mass is 16.5. The summed E-state index contributed by atoms with van der Waals surface area (Å²) < 4.78 is 10.8. The Morgan fingerprint density at radius 2 is 1.75 bits per heavy atom. The molecule has 1 fully saturated rings. The van der Waals surface area contributed by atoms with Gasteiger partial charge in [-0.05, 0) is 61.8 Å². The molecule has 168 valence electrons. The molecule has 0 radical (unpaired) electrons. The lowest BCUT2D eigenvalue weighted by molar-refractivity contribution is -0.122. The number of ether oxygens (including phenoxy) is 2. The number of rotatable bonds is 4. The molecular formula is C26H31N3O3. The van der Waals surface area contributed by atoms with Crippen LogP contribution in [0.25, 0.3) is 5.57 Å². The first-order valence-corrected chi connectivity index (χ1v) is 11.0. The van der Waals surface area contributed by atoms with E-state index in [0.717, 1.165) is 41.2 Å². The third-order valence-electron chi connectivity index (χ3n) is 5.98. The second-order valence-corrected chi connectivity index (χ2v) is 8.54. The first kappa shape index (κ1) is 22.0. The standard InChI is InChI=1S/C26H31N3O3/c1-17-11-22(28-14-18(2)27-19(3)15-28)16-29-23(17)8-6-7-20(13-26(29)30)21-9-10-24(31-4)25(12-21)32-5/h6-13,16,18-19,27H,14-15H2,1-5H3/b7-6+,20-13+,23-8+/t18-,19+. The summed E-state index contributed by atoms with van der Waals surface area (Å²) in [5.41, 5.74) is 4.75. The number of hydrogen-bond donors (Lipinski definition) is 1. The van der Waals surface area contributed by atoms with E-state index < -0.39 is 0 Å². The fraction of sp³-hybridized carbons (Fsp3) is 0.346. The van der Waals surface area contributed by atoms with Crippen LogP contribution in [0.5, 0.6) is 11.5 Å². The van der Waals surface area contributed by atoms with Gasteiger partial charge in [-0.2, -0.15) is 0 Å². The van der Waals surface area contributed by atoms with Crippen molar-refractivity contribution in [2.24, 2.45) is 0 Å². The van der Waals surface area contributed by atoms with Gasteiger partial charge in [0.05, 0.1) is 25.6 Å². The zero-order valence-electron chi connectivity index (χ0n) is 19.4. The van der Waals surface area contributed by atoms with Gasteiger partial charge in [0.1, 0.15) is 0 Å². The lowest BCUT2D eigenvalue weighted by Gasteiger charge is -2.40. The Balaban J connectivity index is 1.68. The molecule has 6 nitrogen and oxygen atoms in total. The molecule has 6 heteroatoms. The number of amides is 1. The van der Waals surface area contributed by atoms with Crippen molar-refractivity contribution in [3.8, 4) is 11.5 Å². The van der Waals surface area contributed by atoms with Gasteiger partial charge in [-0.3, -0.25) is 9.69 Å². The highest BCUT2D eigenvalue weighted by Crippen LogP contribution is 2.33. The van der Waals surface area contributed by atoms with E-state index >= 15 is 0 Å². The van der Waals surface area contributed by atoms with E-state index in [4.69, 9.17) is 9.47 Å². The Bertz CT molecular complexity index is 1050. The smallest absolute Gasteiger partial charge is 0.255 e. The Morgan fingerprint density at radius 1 is 1.03 bits per heavy atom. The number of nitrogens with one attached hydrogen (secondary N) is 1. The fourth-order valence-electron chi connectivity index (χ4n) is 4.52. The van der Waals surface area contributed by atoms with Crippen LogP contribution in [-0.4, -0.2) is 55.1 Å². The Hall–Kier alpha value is -3.25. The van der Waals surface area contributed by atoms with Gasteiger partial charge in [-0.1, -0.05) is 18.2 Å². The monoisotopic (exact) mass is 433 g/mol. The average Bonchev–Trinajstić information content (AvgIpc) is 2.76. The molecule has 1 amide bonds. The molecule has 0 aliphatic carbocycles. The van der Waals surface area contributed by atoms with Crippen LogP contribution >= 0.6 is 0 Å². The van der Waals surface area contributed by atoms with Crippen LogP contribution in [0, 0.1) is 0 Å². The molecule has 0 bridgehead atoms. The molecule has 3 heterocycles. The molecule has 0 spiro atoms. The van der Waals surface area contributed by atoms with Crippen molar-refractivity contribution in [2.75, 3.05) is 27.3 Å². The van der Waals surface area contributed by atoms with Gasteiger partial charge in [-0.15, -0.1) is 0 Å². The van der Waals surface area contributed by atoms with Crippen molar-refractivity contribution in [1.82, 2.24) is 15.1 Å². The van der Waals surface area contributed by atoms with Crippen LogP contribution < -0.4 is 14.8 Å². The van der Waals surface area contributed by atoms with Crippen molar-refractivity contribution in [3.05, 3.63) is 77.3 Å². The van der Waals surface area contributed by atoms with Gasteiger partial charge in [0.2, 0.25) is 0 Å². The molecule has 0 unspecified atom stereocenters. The van der Waals surface area contributed by atoms with E-state index in [1.807, 2.05) is 42.6 Å². The highest BCUT2D eigenvalue weighted by molar-refractivity contribution is 6.00. The number of piperazine rings is 1. The first-order valence-electron chi connectivity index (χ1n) is 11.0. The van der Waals surface area contributed by atoms with Gasteiger partial charge in [0, 0.05) is 37.4 Å². The summed E-state index contributed by atoms with van der Waals surface area (Å²) in [5.74, 6) is 1.21. The molecule has 32 heavy (non-hydrogen) atoms. The number of carbonyl (C=O) groups is 1. The molecule has 0 saturated carbocycles. The molecule has 1 aromatic carbocycles. The Labute approximate surface area is 190 Å². The van der Waals surface area contributed by atoms with E-state index in [1.165, 1.54) is 0 Å². The number of methoxy groups -OCH3 is 2. The fourth-order valence-corrected chi connectivity index (χ4v) is 4.52. The predicted octanol–water partition coefficient (Wildman–Crippen LogP) is 3.85. The molecule has 0 aromatic heterocycles. The lowest BCUT2D eigenvalue weighted by atomic mass is 10.00. The van der Waals surface area contributed by atoms with Crippen molar-refractivity contribution in [2.45, 2.75) is 32.9 Å². The normalized spacial score (nSPS) is 27.6. The van der Waals surface area contributed by atoms with Crippen LogP contribution in [0.4, 0.5) is 0 Å². The topological polar surface area (TPSA) is 54.0 Å². The van der Waals surface area contributed by atoms with Crippen LogP contribution in [0.3, 0.4) is 0 Å². The van der Waals surface area contributed by atoms with Crippen LogP contribution in [-0.2, 0) is 4.79 Å². The number of fused-ring (bicyclic) bond motifs is 1. The summed E-state index contributed by atoms with van der Waals surface area (Å²) >= 11 is 0. The second-order valence-electron chi connectivity index (χ2n) is 8.54. The van der Waals surface area contributed by atoms with Gasteiger partial charge in [0.25, 0.3) is 5.91 Å². The van der Waals surface area contributed by atoms with E-state index in [9.17, 15) is 4.79 Å². The van der Waals surface area contributed by atoms with E-state index in [0.29, 0.717) is 23.6 Å². The summed E-state index contributed by atoms with van der Waals surface area (Å²) in [7, 11) is 3.22. The highest BCUT2D eigenvalue weighted by Gasteiger charge is 2.27. The van der Waals surface area contributed by atoms with Crippen LogP contribution in [0.2, 0.25) is 0 Å². The average molecular weight is 434 g/mol. The van der Waals surface area contributed by atoms with Gasteiger partial charge >= 0.3 is 0 Å². The maximum absolute atomic E-state index is 13.4. The van der Waals surface area contributed by atoms with Gasteiger partial charge in [0.15, 0.2) is 11.5 Å². The maximum atomic E-state index is 13.4. The molecule has 3 aliphatic heterocycles. The first-order chi connectivity index (χ1) is 15.4. The number of benzene rings is 1. The van der Waals surface area contributed by atoms with Crippen LogP contribution in [0.15, 0.2) is 71.7 Å². The van der Waals surface area contributed by atoms with E-state index in [1.54, 1.807) is 25.2 Å². The molecule has 1 N–H and O–H groups in total. The summed E-state index contributed by atoms with van der Waals surface area (Å²) in [6.45, 7) is 8.26. The maximum Gasteiger partial charge on any atom is 0.255 e. The Morgan fingerprint density at radius 3 is 2.44 bits per heavy atom. The van der Waals surface area contributed by atoms with Gasteiger partial charge < -0.3 is 19.7 Å². The minimum absolute atomic E-state index is 0.0773. The third-order valence-corrected chi connectivity index (χ3v) is 5.98. The third kappa shape index (κ3) is 4.36. The number of allylic oxidation sites excluding steroid dienone is 6. The van der Waals surface area contributed by atoms with Crippen molar-refractivity contribution >= 4 is 11.5 Å². The minimum atomic E-state index is -0.0773. The molecule has 4 rings (SSSR count). The minimum Gasteiger partial charge on any atom is -0.493 e. The number of nitrogens with zero attached hydrogens (tertiary/aromatic N) is 2.